The lowest BCUT2D eigenvalue weighted by Crippen LogP contribution is -2.31. The molecule has 2 heterocycles. The average molecular weight is 519 g/mol. The molecular weight excluding hydrogens is 490 g/mol. The van der Waals surface area contributed by atoms with Crippen molar-refractivity contribution < 1.29 is 42.2 Å². The van der Waals surface area contributed by atoms with E-state index in [1.54, 1.807) is 6.07 Å². The maximum Gasteiger partial charge on any atom is 0.570 e. The highest BCUT2D eigenvalue weighted by atomic mass is 31.2. The molecule has 1 aliphatic rings. The molecule has 0 spiro atoms. The van der Waals surface area contributed by atoms with Crippen LogP contribution < -0.4 is 16.0 Å². The average Bonchev–Trinajstić information content (AvgIpc) is 3.28. The zero-order valence-corrected chi connectivity index (χ0v) is 20.2. The molecule has 1 saturated heterocycles. The summed E-state index contributed by atoms with van der Waals surface area (Å²) in [4.78, 5) is 45.5. The molecule has 1 aliphatic heterocycles. The molecule has 12 nitrogen and oxygen atoms in total. The molecule has 0 radical (unpaired) electrons. The van der Waals surface area contributed by atoms with Crippen LogP contribution in [0.5, 0.6) is 5.75 Å². The Morgan fingerprint density at radius 1 is 1.20 bits per heavy atom. The van der Waals surface area contributed by atoms with Crippen molar-refractivity contribution in [3.8, 4) is 5.75 Å². The Bertz CT molecular complexity index is 1080. The van der Waals surface area contributed by atoms with E-state index in [0.717, 1.165) is 0 Å². The second-order valence-corrected chi connectivity index (χ2v) is 9.24. The summed E-state index contributed by atoms with van der Waals surface area (Å²) in [6, 6.07) is 5.61. The van der Waals surface area contributed by atoms with Crippen molar-refractivity contribution in [2.75, 3.05) is 34.0 Å². The van der Waals surface area contributed by atoms with Crippen LogP contribution >= 0.6 is 8.17 Å². The van der Waals surface area contributed by atoms with E-state index in [0.29, 0.717) is 18.4 Å². The first kappa shape index (κ1) is 27.4. The molecule has 3 atom stereocenters. The molecule has 35 heavy (non-hydrogen) atoms. The van der Waals surface area contributed by atoms with E-state index in [2.05, 4.69) is 4.98 Å². The molecule has 1 aromatic carbocycles. The van der Waals surface area contributed by atoms with Crippen molar-refractivity contribution in [2.24, 2.45) is 0 Å². The summed E-state index contributed by atoms with van der Waals surface area (Å²) in [7, 11) is -1.39. The summed E-state index contributed by atoms with van der Waals surface area (Å²) < 4.78 is 46.7. The smallest absolute Gasteiger partial charge is 0.494 e. The molecule has 1 aromatic heterocycles. The van der Waals surface area contributed by atoms with Gasteiger partial charge in [-0.3, -0.25) is 14.3 Å². The Morgan fingerprint density at radius 2 is 2.00 bits per heavy atom. The monoisotopic (exact) mass is 519 g/mol. The molecule has 0 amide bonds. The molecule has 3 unspecified atom stereocenters. The maximum atomic E-state index is 13.8. The number of nitrogens with one attached hydrogen (secondary N) is 1. The summed E-state index contributed by atoms with van der Waals surface area (Å²) in [5.41, 5.74) is -0.562. The van der Waals surface area contributed by atoms with Gasteiger partial charge in [-0.15, -0.1) is 0 Å². The number of H-pyrrole nitrogens is 1. The summed E-state index contributed by atoms with van der Waals surface area (Å²) in [5.74, 6) is -0.417. The molecule has 194 valence electrons. The minimum Gasteiger partial charge on any atom is -0.494 e. The largest absolute Gasteiger partial charge is 0.570 e. The maximum absolute atomic E-state index is 13.8. The third-order valence-electron chi connectivity index (χ3n) is 5.16. The molecule has 3 N–H and O–H groups in total. The zero-order chi connectivity index (χ0) is 25.4. The fourth-order valence-corrected chi connectivity index (χ4v) is 4.21. The van der Waals surface area contributed by atoms with Crippen molar-refractivity contribution in [1.82, 2.24) is 9.55 Å². The molecule has 14 heteroatoms. The Hall–Kier alpha value is -2.22. The Kier molecular flexibility index (Phi) is 9.89. The van der Waals surface area contributed by atoms with E-state index >= 15 is 0 Å². The number of methoxy groups -OCH3 is 2. The predicted molar refractivity (Wildman–Crippen MR) is 121 cm³/mol. The van der Waals surface area contributed by atoms with Gasteiger partial charge < -0.3 is 18.9 Å². The van der Waals surface area contributed by atoms with E-state index in [-0.39, 0.29) is 32.2 Å². The molecule has 0 aliphatic carbocycles. The van der Waals surface area contributed by atoms with Crippen LogP contribution in [0.1, 0.15) is 24.6 Å². The lowest BCUT2D eigenvalue weighted by Gasteiger charge is -2.19. The van der Waals surface area contributed by atoms with E-state index < -0.39 is 43.7 Å². The van der Waals surface area contributed by atoms with Crippen molar-refractivity contribution in [3.05, 3.63) is 62.7 Å². The first-order valence-corrected chi connectivity index (χ1v) is 12.3. The minimum atomic E-state index is -4.20. The second-order valence-electron chi connectivity index (χ2n) is 7.75. The number of aromatic nitrogens is 2. The summed E-state index contributed by atoms with van der Waals surface area (Å²) in [6.45, 7) is -0.326. The topological polar surface area (TPSA) is 151 Å². The minimum absolute atomic E-state index is 0.0306. The normalized spacial score (nSPS) is 19.1. The van der Waals surface area contributed by atoms with Gasteiger partial charge in [0.1, 0.15) is 25.5 Å². The number of benzene rings is 1. The van der Waals surface area contributed by atoms with E-state index in [4.69, 9.17) is 28.0 Å². The summed E-state index contributed by atoms with van der Waals surface area (Å²) in [5, 5.41) is 0. The first-order valence-electron chi connectivity index (χ1n) is 10.7. The van der Waals surface area contributed by atoms with Gasteiger partial charge in [-0.1, -0.05) is 6.07 Å². The quantitative estimate of drug-likeness (QED) is 0.330. The molecule has 2 aromatic rings. The third-order valence-corrected chi connectivity index (χ3v) is 6.13. The van der Waals surface area contributed by atoms with Crippen molar-refractivity contribution in [3.63, 3.8) is 0 Å². The van der Waals surface area contributed by atoms with Gasteiger partial charge in [-0.05, 0) is 30.5 Å². The van der Waals surface area contributed by atoms with E-state index in [9.17, 15) is 23.8 Å². The molecular formula is C21H29FN2O10P+. The number of rotatable bonds is 13. The van der Waals surface area contributed by atoms with Gasteiger partial charge in [0.25, 0.3) is 5.56 Å². The van der Waals surface area contributed by atoms with Gasteiger partial charge in [0.15, 0.2) is 11.6 Å². The van der Waals surface area contributed by atoms with Crippen LogP contribution in [0.15, 0.2) is 40.1 Å². The predicted octanol–water partition coefficient (Wildman–Crippen LogP) is 1.29. The second kappa shape index (κ2) is 12.7. The van der Waals surface area contributed by atoms with Gasteiger partial charge in [-0.2, -0.15) is 18.8 Å². The zero-order valence-electron chi connectivity index (χ0n) is 19.3. The van der Waals surface area contributed by atoms with Crippen molar-refractivity contribution in [2.45, 2.75) is 37.9 Å². The van der Waals surface area contributed by atoms with Crippen LogP contribution in [0, 0.1) is 5.82 Å². The number of ether oxygens (including phenoxy) is 4. The highest BCUT2D eigenvalue weighted by Gasteiger charge is 2.42. The number of halogens is 1. The Balaban J connectivity index is 1.45. The van der Waals surface area contributed by atoms with Crippen LogP contribution in [0.25, 0.3) is 0 Å². The van der Waals surface area contributed by atoms with Crippen LogP contribution in [0.4, 0.5) is 4.39 Å². The molecule has 0 saturated carbocycles. The van der Waals surface area contributed by atoms with Gasteiger partial charge >= 0.3 is 13.9 Å². The fourth-order valence-electron chi connectivity index (χ4n) is 3.41. The number of hydrogen-bond donors (Lipinski definition) is 3. The molecule has 3 rings (SSSR count). The summed E-state index contributed by atoms with van der Waals surface area (Å²) in [6.07, 6.45) is 0.484. The lowest BCUT2D eigenvalue weighted by molar-refractivity contribution is -0.0519. The highest BCUT2D eigenvalue weighted by Crippen LogP contribution is 2.53. The fraction of sp³-hybridized carbons (Fsp3) is 0.524. The van der Waals surface area contributed by atoms with Crippen LogP contribution in [0.3, 0.4) is 0 Å². The van der Waals surface area contributed by atoms with Crippen LogP contribution in [-0.2, 0) is 29.9 Å². The van der Waals surface area contributed by atoms with E-state index in [1.807, 2.05) is 0 Å². The first-order chi connectivity index (χ1) is 16.7. The van der Waals surface area contributed by atoms with Gasteiger partial charge in [-0.25, -0.2) is 9.18 Å². The van der Waals surface area contributed by atoms with Crippen LogP contribution in [-0.4, -0.2) is 65.6 Å². The van der Waals surface area contributed by atoms with Crippen molar-refractivity contribution >= 4 is 8.17 Å². The van der Waals surface area contributed by atoms with Gasteiger partial charge in [0.2, 0.25) is 0 Å². The van der Waals surface area contributed by atoms with E-state index in [1.165, 1.54) is 43.2 Å². The third kappa shape index (κ3) is 8.16. The number of aromatic amines is 1. The lowest BCUT2D eigenvalue weighted by atomic mass is 10.2. The molecule has 1 fully saturated rings. The Labute approximate surface area is 200 Å². The van der Waals surface area contributed by atoms with Crippen molar-refractivity contribution in [1.29, 1.82) is 0 Å². The standard InChI is InChI=1S/C21H28FN2O10P/c1-29-11-16(31-10-14-3-5-18(30-2)17(22)9-14)13-33-35(27,28)32-12-15-4-6-20(34-15)24-8-7-19(25)23-21(24)26/h3,5,7-9,15-16,20,27-28H,4,6,10-13H2,1-2H3/p+1. The SMILES string of the molecule is COCC(CO[P+](O)(O)OCC1CCC(n2ccc(=O)[nH]c2=O)O1)OCc1ccc(OC)c(F)c1. The number of nitrogens with zero attached hydrogens (tertiary/aromatic N) is 1. The summed E-state index contributed by atoms with van der Waals surface area (Å²) >= 11 is 0. The van der Waals surface area contributed by atoms with Gasteiger partial charge in [0, 0.05) is 19.4 Å². The number of hydrogen-bond acceptors (Lipinski definition) is 10. The Morgan fingerprint density at radius 3 is 2.69 bits per heavy atom. The van der Waals surface area contributed by atoms with Gasteiger partial charge in [0.05, 0.1) is 26.4 Å². The highest BCUT2D eigenvalue weighted by molar-refractivity contribution is 7.54. The van der Waals surface area contributed by atoms with Crippen LogP contribution in [0.2, 0.25) is 0 Å². The molecule has 0 bridgehead atoms.